The van der Waals surface area contributed by atoms with Crippen molar-refractivity contribution in [3.05, 3.63) is 24.0 Å². The first-order valence-corrected chi connectivity index (χ1v) is 7.83. The average molecular weight is 308 g/mol. The quantitative estimate of drug-likeness (QED) is 0.813. The highest BCUT2D eigenvalue weighted by molar-refractivity contribution is 7.22. The summed E-state index contributed by atoms with van der Waals surface area (Å²) in [6.07, 6.45) is 0.400. The standard InChI is InChI=1S/C15H17FN2O2S/c1-9(2)5-14(19)20-11-7-18(8-11)15-17-12-4-3-10(16)6-13(12)21-15/h3-4,6,9,11H,5,7-8H2,1-2H3. The predicted octanol–water partition coefficient (Wildman–Crippen LogP) is 3.21. The zero-order valence-corrected chi connectivity index (χ0v) is 12.8. The summed E-state index contributed by atoms with van der Waals surface area (Å²) in [5.41, 5.74) is 0.802. The molecule has 0 amide bonds. The van der Waals surface area contributed by atoms with Crippen molar-refractivity contribution in [2.75, 3.05) is 18.0 Å². The summed E-state index contributed by atoms with van der Waals surface area (Å²) in [5, 5.41) is 0.853. The van der Waals surface area contributed by atoms with Gasteiger partial charge in [0.05, 0.1) is 23.3 Å². The van der Waals surface area contributed by atoms with Gasteiger partial charge in [-0.2, -0.15) is 0 Å². The number of ether oxygens (including phenoxy) is 1. The van der Waals surface area contributed by atoms with Crippen LogP contribution >= 0.6 is 11.3 Å². The van der Waals surface area contributed by atoms with E-state index in [4.69, 9.17) is 4.74 Å². The number of aromatic nitrogens is 1. The Morgan fingerprint density at radius 2 is 2.29 bits per heavy atom. The van der Waals surface area contributed by atoms with E-state index in [1.54, 1.807) is 6.07 Å². The fourth-order valence-corrected chi connectivity index (χ4v) is 3.27. The van der Waals surface area contributed by atoms with Crippen LogP contribution in [0.15, 0.2) is 18.2 Å². The molecule has 21 heavy (non-hydrogen) atoms. The second kappa shape index (κ2) is 5.60. The van der Waals surface area contributed by atoms with Gasteiger partial charge >= 0.3 is 5.97 Å². The molecule has 1 aromatic carbocycles. The number of rotatable bonds is 4. The largest absolute Gasteiger partial charge is 0.459 e. The number of nitrogens with zero attached hydrogens (tertiary/aromatic N) is 2. The Bertz CT molecular complexity index is 665. The van der Waals surface area contributed by atoms with E-state index >= 15 is 0 Å². The maximum Gasteiger partial charge on any atom is 0.306 e. The van der Waals surface area contributed by atoms with E-state index in [0.29, 0.717) is 25.4 Å². The highest BCUT2D eigenvalue weighted by atomic mass is 32.1. The fraction of sp³-hybridized carbons (Fsp3) is 0.467. The lowest BCUT2D eigenvalue weighted by atomic mass is 10.1. The van der Waals surface area contributed by atoms with E-state index in [9.17, 15) is 9.18 Å². The number of carbonyl (C=O) groups is 1. The lowest BCUT2D eigenvalue weighted by molar-refractivity contribution is -0.151. The van der Waals surface area contributed by atoms with Crippen molar-refractivity contribution in [3.8, 4) is 0 Å². The summed E-state index contributed by atoms with van der Waals surface area (Å²) in [4.78, 5) is 18.1. The first-order chi connectivity index (χ1) is 10.0. The number of anilines is 1. The zero-order valence-electron chi connectivity index (χ0n) is 12.0. The number of hydrogen-bond acceptors (Lipinski definition) is 5. The SMILES string of the molecule is CC(C)CC(=O)OC1CN(c2nc3ccc(F)cc3s2)C1. The molecule has 3 rings (SSSR count). The van der Waals surface area contributed by atoms with Gasteiger partial charge in [0.25, 0.3) is 0 Å². The molecular weight excluding hydrogens is 291 g/mol. The monoisotopic (exact) mass is 308 g/mol. The van der Waals surface area contributed by atoms with Crippen molar-refractivity contribution in [2.24, 2.45) is 5.92 Å². The number of hydrogen-bond donors (Lipinski definition) is 0. The van der Waals surface area contributed by atoms with Crippen LogP contribution in [0, 0.1) is 11.7 Å². The molecule has 0 radical (unpaired) electrons. The summed E-state index contributed by atoms with van der Waals surface area (Å²) in [7, 11) is 0. The van der Waals surface area contributed by atoms with Crippen molar-refractivity contribution in [1.29, 1.82) is 0 Å². The molecule has 0 atom stereocenters. The Kier molecular flexibility index (Phi) is 3.80. The number of benzene rings is 1. The normalized spacial score (nSPS) is 15.5. The number of halogens is 1. The van der Waals surface area contributed by atoms with Crippen LogP contribution in [0.5, 0.6) is 0 Å². The maximum atomic E-state index is 13.2. The van der Waals surface area contributed by atoms with Gasteiger partial charge in [0, 0.05) is 6.42 Å². The Balaban J connectivity index is 1.59. The molecule has 4 nitrogen and oxygen atoms in total. The van der Waals surface area contributed by atoms with Crippen LogP contribution in [0.25, 0.3) is 10.2 Å². The Labute approximate surface area is 126 Å². The molecule has 1 aliphatic heterocycles. The van der Waals surface area contributed by atoms with Crippen LogP contribution in [-0.2, 0) is 9.53 Å². The number of fused-ring (bicyclic) bond motifs is 1. The van der Waals surface area contributed by atoms with Crippen LogP contribution in [0.1, 0.15) is 20.3 Å². The molecule has 0 spiro atoms. The molecule has 0 N–H and O–H groups in total. The van der Waals surface area contributed by atoms with E-state index in [1.165, 1.54) is 23.5 Å². The van der Waals surface area contributed by atoms with Crippen LogP contribution in [0.2, 0.25) is 0 Å². The lowest BCUT2D eigenvalue weighted by Gasteiger charge is -2.38. The van der Waals surface area contributed by atoms with E-state index in [-0.39, 0.29) is 17.9 Å². The summed E-state index contributed by atoms with van der Waals surface area (Å²) < 4.78 is 19.4. The smallest absolute Gasteiger partial charge is 0.306 e. The van der Waals surface area contributed by atoms with Crippen molar-refractivity contribution < 1.29 is 13.9 Å². The second-order valence-corrected chi connectivity index (χ2v) is 6.73. The summed E-state index contributed by atoms with van der Waals surface area (Å²) in [5.74, 6) is -0.0735. The Morgan fingerprint density at radius 1 is 1.52 bits per heavy atom. The minimum atomic E-state index is -0.248. The number of esters is 1. The van der Waals surface area contributed by atoms with Crippen LogP contribution in [-0.4, -0.2) is 30.1 Å². The van der Waals surface area contributed by atoms with E-state index in [0.717, 1.165) is 15.3 Å². The third-order valence-electron chi connectivity index (χ3n) is 3.33. The van der Waals surface area contributed by atoms with Gasteiger partial charge in [0.15, 0.2) is 5.13 Å². The first-order valence-electron chi connectivity index (χ1n) is 7.02. The molecule has 1 fully saturated rings. The van der Waals surface area contributed by atoms with Crippen molar-refractivity contribution in [3.63, 3.8) is 0 Å². The third kappa shape index (κ3) is 3.15. The zero-order chi connectivity index (χ0) is 15.0. The van der Waals surface area contributed by atoms with Gasteiger partial charge in [-0.1, -0.05) is 25.2 Å². The minimum absolute atomic E-state index is 0.0556. The molecule has 0 saturated carbocycles. The van der Waals surface area contributed by atoms with Crippen molar-refractivity contribution >= 4 is 32.7 Å². The van der Waals surface area contributed by atoms with Gasteiger partial charge in [-0.3, -0.25) is 4.79 Å². The summed E-state index contributed by atoms with van der Waals surface area (Å²) >= 11 is 1.46. The lowest BCUT2D eigenvalue weighted by Crippen LogP contribution is -2.53. The predicted molar refractivity (Wildman–Crippen MR) is 81.1 cm³/mol. The molecular formula is C15H17FN2O2S. The van der Waals surface area contributed by atoms with E-state index in [1.807, 2.05) is 13.8 Å². The van der Waals surface area contributed by atoms with Gasteiger partial charge in [-0.15, -0.1) is 0 Å². The molecule has 1 aromatic heterocycles. The molecule has 2 heterocycles. The van der Waals surface area contributed by atoms with Gasteiger partial charge in [-0.05, 0) is 24.1 Å². The first kappa shape index (κ1) is 14.3. The van der Waals surface area contributed by atoms with E-state index < -0.39 is 0 Å². The highest BCUT2D eigenvalue weighted by Crippen LogP contribution is 2.32. The van der Waals surface area contributed by atoms with Gasteiger partial charge in [-0.25, -0.2) is 9.37 Å². The summed E-state index contributed by atoms with van der Waals surface area (Å²) in [6, 6.07) is 4.60. The van der Waals surface area contributed by atoms with Gasteiger partial charge in [0.1, 0.15) is 11.9 Å². The van der Waals surface area contributed by atoms with Crippen molar-refractivity contribution in [2.45, 2.75) is 26.4 Å². The Hall–Kier alpha value is -1.69. The molecule has 0 aliphatic carbocycles. The highest BCUT2D eigenvalue weighted by Gasteiger charge is 2.32. The second-order valence-electron chi connectivity index (χ2n) is 5.72. The molecule has 0 bridgehead atoms. The fourth-order valence-electron chi connectivity index (χ4n) is 2.26. The third-order valence-corrected chi connectivity index (χ3v) is 4.41. The van der Waals surface area contributed by atoms with Crippen molar-refractivity contribution in [1.82, 2.24) is 4.98 Å². The topological polar surface area (TPSA) is 42.4 Å². The molecule has 0 unspecified atom stereocenters. The van der Waals surface area contributed by atoms with Gasteiger partial charge in [0.2, 0.25) is 0 Å². The number of thiazole rings is 1. The van der Waals surface area contributed by atoms with E-state index in [2.05, 4.69) is 9.88 Å². The maximum absolute atomic E-state index is 13.2. The average Bonchev–Trinajstić information content (AvgIpc) is 2.74. The summed E-state index contributed by atoms with van der Waals surface area (Å²) in [6.45, 7) is 5.31. The molecule has 112 valence electrons. The molecule has 2 aromatic rings. The van der Waals surface area contributed by atoms with Crippen LogP contribution < -0.4 is 4.90 Å². The Morgan fingerprint density at radius 3 is 3.00 bits per heavy atom. The molecule has 1 aliphatic rings. The van der Waals surface area contributed by atoms with Crippen LogP contribution in [0.3, 0.4) is 0 Å². The van der Waals surface area contributed by atoms with Gasteiger partial charge < -0.3 is 9.64 Å². The molecule has 6 heteroatoms. The molecule has 1 saturated heterocycles. The minimum Gasteiger partial charge on any atom is -0.459 e. The number of carbonyl (C=O) groups excluding carboxylic acids is 1. The van der Waals surface area contributed by atoms with Crippen LogP contribution in [0.4, 0.5) is 9.52 Å².